The van der Waals surface area contributed by atoms with Gasteiger partial charge in [-0.05, 0) is 0 Å². The standard InChI is InChI=1S/C10H17NO8/c1-4(13)11-7-9(17)8(16)5(2-12)19-10(7)18-3-6(14)15/h5,7-10,12,16-17H,2-3H2,1H3,(H,11,13)(H,14,15). The first kappa shape index (κ1) is 15.8. The number of hydrogen-bond acceptors (Lipinski definition) is 7. The van der Waals surface area contributed by atoms with E-state index in [0.29, 0.717) is 0 Å². The van der Waals surface area contributed by atoms with Crippen molar-refractivity contribution < 1.29 is 39.5 Å². The van der Waals surface area contributed by atoms with Gasteiger partial charge in [-0.3, -0.25) is 4.79 Å². The van der Waals surface area contributed by atoms with E-state index in [1.807, 2.05) is 0 Å². The van der Waals surface area contributed by atoms with Crippen molar-refractivity contribution in [3.8, 4) is 0 Å². The summed E-state index contributed by atoms with van der Waals surface area (Å²) in [6.45, 7) is -0.106. The number of aliphatic carboxylic acids is 1. The summed E-state index contributed by atoms with van der Waals surface area (Å²) in [5.74, 6) is -1.77. The first-order chi connectivity index (χ1) is 8.86. The molecule has 0 saturated carbocycles. The van der Waals surface area contributed by atoms with Crippen LogP contribution in [0.1, 0.15) is 6.92 Å². The first-order valence-corrected chi connectivity index (χ1v) is 5.59. The summed E-state index contributed by atoms with van der Waals surface area (Å²) >= 11 is 0. The van der Waals surface area contributed by atoms with Crippen molar-refractivity contribution in [2.75, 3.05) is 13.2 Å². The Morgan fingerprint density at radius 3 is 2.42 bits per heavy atom. The first-order valence-electron chi connectivity index (χ1n) is 5.59. The third-order valence-electron chi connectivity index (χ3n) is 2.62. The minimum Gasteiger partial charge on any atom is -0.480 e. The van der Waals surface area contributed by atoms with Gasteiger partial charge in [0.15, 0.2) is 6.29 Å². The van der Waals surface area contributed by atoms with Gasteiger partial charge < -0.3 is 35.2 Å². The van der Waals surface area contributed by atoms with Crippen molar-refractivity contribution in [3.63, 3.8) is 0 Å². The molecule has 110 valence electrons. The monoisotopic (exact) mass is 279 g/mol. The third kappa shape index (κ3) is 4.11. The molecule has 1 saturated heterocycles. The topological polar surface area (TPSA) is 146 Å². The largest absolute Gasteiger partial charge is 0.480 e. The number of rotatable bonds is 5. The lowest BCUT2D eigenvalue weighted by Gasteiger charge is -2.41. The lowest BCUT2D eigenvalue weighted by Crippen LogP contribution is -2.64. The molecule has 5 N–H and O–H groups in total. The Labute approximate surface area is 108 Å². The normalized spacial score (nSPS) is 34.8. The predicted octanol–water partition coefficient (Wildman–Crippen LogP) is -2.97. The van der Waals surface area contributed by atoms with Gasteiger partial charge in [0.25, 0.3) is 0 Å². The van der Waals surface area contributed by atoms with Gasteiger partial charge in [0.05, 0.1) is 6.61 Å². The van der Waals surface area contributed by atoms with E-state index in [1.54, 1.807) is 0 Å². The number of carboxylic acids is 1. The van der Waals surface area contributed by atoms with Crippen LogP contribution in [0.25, 0.3) is 0 Å². The van der Waals surface area contributed by atoms with Crippen LogP contribution in [-0.4, -0.2) is 76.2 Å². The van der Waals surface area contributed by atoms with E-state index in [4.69, 9.17) is 19.7 Å². The number of carbonyl (C=O) groups excluding carboxylic acids is 1. The van der Waals surface area contributed by atoms with Crippen LogP contribution in [-0.2, 0) is 19.1 Å². The zero-order chi connectivity index (χ0) is 14.6. The Bertz CT molecular complexity index is 335. The summed E-state index contributed by atoms with van der Waals surface area (Å²) in [6.07, 6.45) is -5.28. The molecule has 5 unspecified atom stereocenters. The van der Waals surface area contributed by atoms with Crippen LogP contribution >= 0.6 is 0 Å². The molecule has 9 nitrogen and oxygen atoms in total. The lowest BCUT2D eigenvalue weighted by molar-refractivity contribution is -0.269. The smallest absolute Gasteiger partial charge is 0.329 e. The van der Waals surface area contributed by atoms with Gasteiger partial charge in [0, 0.05) is 6.92 Å². The maximum absolute atomic E-state index is 11.0. The highest BCUT2D eigenvalue weighted by atomic mass is 16.7. The number of nitrogens with one attached hydrogen (secondary N) is 1. The van der Waals surface area contributed by atoms with Crippen LogP contribution in [0.3, 0.4) is 0 Å². The molecule has 0 aromatic rings. The van der Waals surface area contributed by atoms with Crippen LogP contribution in [0.4, 0.5) is 0 Å². The molecule has 0 aromatic heterocycles. The average molecular weight is 279 g/mol. The second-order valence-electron chi connectivity index (χ2n) is 4.14. The van der Waals surface area contributed by atoms with Crippen molar-refractivity contribution >= 4 is 11.9 Å². The highest BCUT2D eigenvalue weighted by Gasteiger charge is 2.45. The summed E-state index contributed by atoms with van der Waals surface area (Å²) in [7, 11) is 0. The molecule has 1 amide bonds. The summed E-state index contributed by atoms with van der Waals surface area (Å²) in [6, 6.07) is -1.13. The Morgan fingerprint density at radius 2 is 1.95 bits per heavy atom. The summed E-state index contributed by atoms with van der Waals surface area (Å²) in [5.41, 5.74) is 0. The molecule has 0 bridgehead atoms. The van der Waals surface area contributed by atoms with Crippen molar-refractivity contribution in [3.05, 3.63) is 0 Å². The van der Waals surface area contributed by atoms with E-state index in [2.05, 4.69) is 5.32 Å². The fraction of sp³-hybridized carbons (Fsp3) is 0.800. The molecule has 1 fully saturated rings. The van der Waals surface area contributed by atoms with Crippen LogP contribution in [0, 0.1) is 0 Å². The van der Waals surface area contributed by atoms with Gasteiger partial charge in [-0.2, -0.15) is 0 Å². The van der Waals surface area contributed by atoms with Crippen molar-refractivity contribution in [1.29, 1.82) is 0 Å². The molecule has 0 radical (unpaired) electrons. The van der Waals surface area contributed by atoms with Gasteiger partial charge in [0.1, 0.15) is 31.0 Å². The number of ether oxygens (including phenoxy) is 2. The highest BCUT2D eigenvalue weighted by Crippen LogP contribution is 2.22. The van der Waals surface area contributed by atoms with Crippen molar-refractivity contribution in [2.24, 2.45) is 0 Å². The fourth-order valence-corrected chi connectivity index (χ4v) is 1.77. The molecular formula is C10H17NO8. The minimum atomic E-state index is -1.45. The Hall–Kier alpha value is -1.26. The van der Waals surface area contributed by atoms with E-state index in [-0.39, 0.29) is 0 Å². The summed E-state index contributed by atoms with van der Waals surface area (Å²) in [5, 5.41) is 39.3. The van der Waals surface area contributed by atoms with Crippen molar-refractivity contribution in [2.45, 2.75) is 37.6 Å². The summed E-state index contributed by atoms with van der Waals surface area (Å²) in [4.78, 5) is 21.5. The zero-order valence-electron chi connectivity index (χ0n) is 10.2. The van der Waals surface area contributed by atoms with Gasteiger partial charge in [-0.15, -0.1) is 0 Å². The molecule has 1 aliphatic rings. The Morgan fingerprint density at radius 1 is 1.32 bits per heavy atom. The van der Waals surface area contributed by atoms with Crippen LogP contribution in [0.2, 0.25) is 0 Å². The Kier molecular flexibility index (Phi) is 5.63. The third-order valence-corrected chi connectivity index (χ3v) is 2.62. The molecule has 1 rings (SSSR count). The fourth-order valence-electron chi connectivity index (χ4n) is 1.77. The van der Waals surface area contributed by atoms with E-state index in [0.717, 1.165) is 0 Å². The van der Waals surface area contributed by atoms with Crippen LogP contribution < -0.4 is 5.32 Å². The number of aliphatic hydroxyl groups is 3. The van der Waals surface area contributed by atoms with Crippen molar-refractivity contribution in [1.82, 2.24) is 5.32 Å². The molecule has 9 heteroatoms. The number of carbonyl (C=O) groups is 2. The average Bonchev–Trinajstić information content (AvgIpc) is 2.33. The maximum Gasteiger partial charge on any atom is 0.329 e. The van der Waals surface area contributed by atoms with E-state index in [1.165, 1.54) is 6.92 Å². The molecular weight excluding hydrogens is 262 g/mol. The second-order valence-corrected chi connectivity index (χ2v) is 4.14. The van der Waals surface area contributed by atoms with Gasteiger partial charge in [-0.1, -0.05) is 0 Å². The van der Waals surface area contributed by atoms with Gasteiger partial charge >= 0.3 is 5.97 Å². The van der Waals surface area contributed by atoms with E-state index >= 15 is 0 Å². The second kappa shape index (κ2) is 6.78. The zero-order valence-corrected chi connectivity index (χ0v) is 10.2. The van der Waals surface area contributed by atoms with E-state index < -0.39 is 55.7 Å². The highest BCUT2D eigenvalue weighted by molar-refractivity contribution is 5.73. The molecule has 0 aliphatic carbocycles. The molecule has 5 atom stereocenters. The Balaban J connectivity index is 2.79. The van der Waals surface area contributed by atoms with Gasteiger partial charge in [-0.25, -0.2) is 4.79 Å². The quantitative estimate of drug-likeness (QED) is 0.358. The summed E-state index contributed by atoms with van der Waals surface area (Å²) < 4.78 is 10.0. The predicted molar refractivity (Wildman–Crippen MR) is 59.0 cm³/mol. The molecule has 19 heavy (non-hydrogen) atoms. The SMILES string of the molecule is CC(=O)NC1C(OCC(=O)O)OC(CO)C(O)C1O. The maximum atomic E-state index is 11.0. The molecule has 0 spiro atoms. The lowest BCUT2D eigenvalue weighted by atomic mass is 9.97. The minimum absolute atomic E-state index is 0.508. The van der Waals surface area contributed by atoms with E-state index in [9.17, 15) is 19.8 Å². The number of aliphatic hydroxyl groups excluding tert-OH is 3. The van der Waals surface area contributed by atoms with Crippen LogP contribution in [0.15, 0.2) is 0 Å². The number of amides is 1. The molecule has 1 heterocycles. The van der Waals surface area contributed by atoms with Gasteiger partial charge in [0.2, 0.25) is 5.91 Å². The molecule has 0 aromatic carbocycles. The number of hydrogen-bond donors (Lipinski definition) is 5. The number of carboxylic acid groups (broad SMARTS) is 1. The molecule has 1 aliphatic heterocycles. The van der Waals surface area contributed by atoms with Crippen LogP contribution in [0.5, 0.6) is 0 Å².